The molecule has 2 aliphatic heterocycles. The van der Waals surface area contributed by atoms with Crippen LogP contribution in [0.5, 0.6) is 0 Å². The van der Waals surface area contributed by atoms with Gasteiger partial charge in [0.25, 0.3) is 0 Å². The summed E-state index contributed by atoms with van der Waals surface area (Å²) in [6, 6.07) is 2.34. The molecule has 6 heteroatoms. The summed E-state index contributed by atoms with van der Waals surface area (Å²) in [5.74, 6) is 0.613. The number of carbonyl (C=O) groups is 2. The number of carbonyl (C=O) groups excluding carboxylic acids is 2. The molecule has 0 spiro atoms. The average molecular weight is 379 g/mol. The second-order valence-electron chi connectivity index (χ2n) is 8.43. The highest BCUT2D eigenvalue weighted by molar-refractivity contribution is 7.10. The minimum atomic E-state index is -0.463. The van der Waals surface area contributed by atoms with Gasteiger partial charge in [-0.2, -0.15) is 0 Å². The fourth-order valence-electron chi connectivity index (χ4n) is 3.86. The molecular weight excluding hydrogens is 348 g/mol. The van der Waals surface area contributed by atoms with E-state index in [9.17, 15) is 9.59 Å². The summed E-state index contributed by atoms with van der Waals surface area (Å²) in [6.45, 7) is 9.96. The molecular formula is C20H30N2O3S. The highest BCUT2D eigenvalue weighted by atomic mass is 32.1. The first-order valence-electron chi connectivity index (χ1n) is 9.58. The van der Waals surface area contributed by atoms with Crippen LogP contribution in [0.3, 0.4) is 0 Å². The third kappa shape index (κ3) is 4.40. The molecule has 0 N–H and O–H groups in total. The summed E-state index contributed by atoms with van der Waals surface area (Å²) in [5.41, 5.74) is 0.851. The van der Waals surface area contributed by atoms with E-state index in [0.717, 1.165) is 25.8 Å². The quantitative estimate of drug-likeness (QED) is 0.774. The summed E-state index contributed by atoms with van der Waals surface area (Å²) in [6.07, 6.45) is 3.07. The first-order chi connectivity index (χ1) is 12.2. The Morgan fingerprint density at radius 1 is 1.23 bits per heavy atom. The van der Waals surface area contributed by atoms with Crippen molar-refractivity contribution in [2.75, 3.05) is 19.6 Å². The number of amides is 2. The van der Waals surface area contributed by atoms with Gasteiger partial charge in [-0.3, -0.25) is 4.79 Å². The predicted molar refractivity (Wildman–Crippen MR) is 103 cm³/mol. The Labute approximate surface area is 160 Å². The predicted octanol–water partition coefficient (Wildman–Crippen LogP) is 4.23. The van der Waals surface area contributed by atoms with Crippen molar-refractivity contribution in [1.29, 1.82) is 0 Å². The van der Waals surface area contributed by atoms with E-state index in [0.29, 0.717) is 25.4 Å². The molecule has 3 rings (SSSR count). The molecule has 1 atom stereocenters. The molecule has 1 saturated heterocycles. The molecule has 0 saturated carbocycles. The molecule has 3 heterocycles. The Balaban J connectivity index is 1.49. The maximum Gasteiger partial charge on any atom is 0.410 e. The minimum Gasteiger partial charge on any atom is -0.444 e. The lowest BCUT2D eigenvalue weighted by Crippen LogP contribution is -2.43. The molecule has 26 heavy (non-hydrogen) atoms. The number of thiophene rings is 1. The molecule has 0 aliphatic carbocycles. The van der Waals surface area contributed by atoms with Gasteiger partial charge in [-0.25, -0.2) is 4.79 Å². The first-order valence-corrected chi connectivity index (χ1v) is 10.5. The minimum absolute atomic E-state index is 0.180. The molecule has 0 aromatic carbocycles. The van der Waals surface area contributed by atoms with Gasteiger partial charge in [0.1, 0.15) is 5.60 Å². The number of nitrogens with zero attached hydrogens (tertiary/aromatic N) is 2. The van der Waals surface area contributed by atoms with Crippen molar-refractivity contribution in [3.63, 3.8) is 0 Å². The van der Waals surface area contributed by atoms with Gasteiger partial charge in [-0.15, -0.1) is 11.3 Å². The van der Waals surface area contributed by atoms with Crippen LogP contribution in [0.2, 0.25) is 0 Å². The van der Waals surface area contributed by atoms with E-state index >= 15 is 0 Å². The van der Waals surface area contributed by atoms with Crippen LogP contribution in [0.4, 0.5) is 4.79 Å². The van der Waals surface area contributed by atoms with Crippen molar-refractivity contribution >= 4 is 23.3 Å². The average Bonchev–Trinajstić information content (AvgIpc) is 3.03. The van der Waals surface area contributed by atoms with Crippen LogP contribution in [0.1, 0.15) is 63.4 Å². The Bertz CT molecular complexity index is 656. The number of rotatable bonds is 2. The van der Waals surface area contributed by atoms with Crippen LogP contribution in [0.15, 0.2) is 11.4 Å². The first kappa shape index (κ1) is 19.2. The van der Waals surface area contributed by atoms with Crippen LogP contribution in [-0.4, -0.2) is 47.0 Å². The van der Waals surface area contributed by atoms with Crippen molar-refractivity contribution in [3.05, 3.63) is 21.9 Å². The van der Waals surface area contributed by atoms with E-state index < -0.39 is 5.60 Å². The van der Waals surface area contributed by atoms with Crippen molar-refractivity contribution < 1.29 is 14.3 Å². The molecule has 2 amide bonds. The van der Waals surface area contributed by atoms with E-state index in [1.807, 2.05) is 25.7 Å². The van der Waals surface area contributed by atoms with Gasteiger partial charge in [-0.05, 0) is 69.9 Å². The third-order valence-electron chi connectivity index (χ3n) is 5.33. The zero-order valence-corrected chi connectivity index (χ0v) is 17.1. The molecule has 0 bridgehead atoms. The Hall–Kier alpha value is -1.56. The molecule has 5 nitrogen and oxygen atoms in total. The summed E-state index contributed by atoms with van der Waals surface area (Å²) in [4.78, 5) is 30.2. The largest absolute Gasteiger partial charge is 0.444 e. The molecule has 0 radical (unpaired) electrons. The van der Waals surface area contributed by atoms with Gasteiger partial charge in [0.2, 0.25) is 5.91 Å². The number of fused-ring (bicyclic) bond motifs is 1. The van der Waals surface area contributed by atoms with Crippen molar-refractivity contribution in [3.8, 4) is 0 Å². The normalized spacial score (nSPS) is 21.5. The van der Waals surface area contributed by atoms with E-state index in [1.165, 1.54) is 10.4 Å². The highest BCUT2D eigenvalue weighted by Crippen LogP contribution is 2.34. The Kier molecular flexibility index (Phi) is 5.61. The number of hydrogen-bond acceptors (Lipinski definition) is 4. The smallest absolute Gasteiger partial charge is 0.410 e. The van der Waals surface area contributed by atoms with Gasteiger partial charge in [0, 0.05) is 30.9 Å². The highest BCUT2D eigenvalue weighted by Gasteiger charge is 2.32. The standard InChI is InChI=1S/C20H30N2O3S/c1-14-16-8-12-26-17(16)7-11-22(14)18(23)13-15-5-9-21(10-6-15)19(24)25-20(2,3)4/h8,12,14-15H,5-7,9-11,13H2,1-4H3. The monoisotopic (exact) mass is 378 g/mol. The lowest BCUT2D eigenvalue weighted by atomic mass is 9.92. The van der Waals surface area contributed by atoms with E-state index in [2.05, 4.69) is 18.4 Å². The van der Waals surface area contributed by atoms with Gasteiger partial charge >= 0.3 is 6.09 Å². The fraction of sp³-hybridized carbons (Fsp3) is 0.700. The molecule has 1 aromatic heterocycles. The van der Waals surface area contributed by atoms with E-state index in [-0.39, 0.29) is 18.0 Å². The summed E-state index contributed by atoms with van der Waals surface area (Å²) < 4.78 is 5.44. The van der Waals surface area contributed by atoms with Crippen LogP contribution in [-0.2, 0) is 16.0 Å². The van der Waals surface area contributed by atoms with Crippen molar-refractivity contribution in [2.45, 2.75) is 65.0 Å². The molecule has 1 aromatic rings. The van der Waals surface area contributed by atoms with Crippen LogP contribution < -0.4 is 0 Å². The zero-order chi connectivity index (χ0) is 18.9. The van der Waals surface area contributed by atoms with Crippen molar-refractivity contribution in [2.24, 2.45) is 5.92 Å². The van der Waals surface area contributed by atoms with Crippen LogP contribution in [0, 0.1) is 5.92 Å². The second kappa shape index (κ2) is 7.59. The van der Waals surface area contributed by atoms with E-state index in [1.54, 1.807) is 16.2 Å². The topological polar surface area (TPSA) is 49.9 Å². The molecule has 144 valence electrons. The number of likely N-dealkylation sites (tertiary alicyclic amines) is 1. The fourth-order valence-corrected chi connectivity index (χ4v) is 4.82. The van der Waals surface area contributed by atoms with Crippen molar-refractivity contribution in [1.82, 2.24) is 9.80 Å². The number of piperidine rings is 1. The SMILES string of the molecule is CC1c2ccsc2CCN1C(=O)CC1CCN(C(=O)OC(C)(C)C)CC1. The Morgan fingerprint density at radius 2 is 1.92 bits per heavy atom. The Morgan fingerprint density at radius 3 is 2.58 bits per heavy atom. The molecule has 2 aliphatic rings. The summed E-state index contributed by atoms with van der Waals surface area (Å²) in [5, 5.41) is 2.13. The van der Waals surface area contributed by atoms with Gasteiger partial charge < -0.3 is 14.5 Å². The third-order valence-corrected chi connectivity index (χ3v) is 6.32. The van der Waals surface area contributed by atoms with Gasteiger partial charge in [-0.1, -0.05) is 0 Å². The molecule has 1 fully saturated rings. The maximum absolute atomic E-state index is 12.8. The molecule has 1 unspecified atom stereocenters. The number of ether oxygens (including phenoxy) is 1. The lowest BCUT2D eigenvalue weighted by Gasteiger charge is -2.36. The van der Waals surface area contributed by atoms with Crippen LogP contribution in [0.25, 0.3) is 0 Å². The van der Waals surface area contributed by atoms with E-state index in [4.69, 9.17) is 4.74 Å². The summed E-state index contributed by atoms with van der Waals surface area (Å²) in [7, 11) is 0. The van der Waals surface area contributed by atoms with Crippen LogP contribution >= 0.6 is 11.3 Å². The zero-order valence-electron chi connectivity index (χ0n) is 16.3. The van der Waals surface area contributed by atoms with Gasteiger partial charge in [0.15, 0.2) is 0 Å². The maximum atomic E-state index is 12.8. The summed E-state index contributed by atoms with van der Waals surface area (Å²) >= 11 is 1.80. The second-order valence-corrected chi connectivity index (χ2v) is 9.43. The van der Waals surface area contributed by atoms with Gasteiger partial charge in [0.05, 0.1) is 6.04 Å². The lowest BCUT2D eigenvalue weighted by molar-refractivity contribution is -0.135. The number of hydrogen-bond donors (Lipinski definition) is 0.